The Kier molecular flexibility index (Phi) is 2.10. The lowest BCUT2D eigenvalue weighted by Gasteiger charge is -2.03. The quantitative estimate of drug-likeness (QED) is 0.906. The lowest BCUT2D eigenvalue weighted by Crippen LogP contribution is -1.98. The zero-order chi connectivity index (χ0) is 11.3. The highest BCUT2D eigenvalue weighted by Gasteiger charge is 2.44. The lowest BCUT2D eigenvalue weighted by atomic mass is 10.1. The SMILES string of the molecule is O=C(O)C1CC1c1cc(Br)c2c(c1)OCO2. The maximum absolute atomic E-state index is 10.8. The van der Waals surface area contributed by atoms with Crippen molar-refractivity contribution in [1.29, 1.82) is 0 Å². The number of benzene rings is 1. The van der Waals surface area contributed by atoms with Crippen molar-refractivity contribution in [3.05, 3.63) is 22.2 Å². The first kappa shape index (κ1) is 9.96. The lowest BCUT2D eigenvalue weighted by molar-refractivity contribution is -0.138. The second kappa shape index (κ2) is 3.38. The predicted molar refractivity (Wildman–Crippen MR) is 58.7 cm³/mol. The molecule has 2 aliphatic rings. The van der Waals surface area contributed by atoms with E-state index in [0.29, 0.717) is 17.9 Å². The van der Waals surface area contributed by atoms with Gasteiger partial charge in [-0.1, -0.05) is 0 Å². The van der Waals surface area contributed by atoms with Gasteiger partial charge in [-0.05, 0) is 46.0 Å². The number of carboxylic acid groups (broad SMARTS) is 1. The van der Waals surface area contributed by atoms with Crippen molar-refractivity contribution in [3.63, 3.8) is 0 Å². The van der Waals surface area contributed by atoms with Crippen LogP contribution < -0.4 is 9.47 Å². The molecule has 0 amide bonds. The van der Waals surface area contributed by atoms with Crippen LogP contribution in [0.15, 0.2) is 16.6 Å². The van der Waals surface area contributed by atoms with Crippen molar-refractivity contribution >= 4 is 21.9 Å². The highest BCUT2D eigenvalue weighted by Crippen LogP contribution is 2.51. The molecule has 0 spiro atoms. The summed E-state index contributed by atoms with van der Waals surface area (Å²) in [7, 11) is 0. The summed E-state index contributed by atoms with van der Waals surface area (Å²) in [6.07, 6.45) is 0.710. The predicted octanol–water partition coefficient (Wildman–Crippen LogP) is 2.37. The highest BCUT2D eigenvalue weighted by molar-refractivity contribution is 9.10. The van der Waals surface area contributed by atoms with Crippen molar-refractivity contribution < 1.29 is 19.4 Å². The summed E-state index contributed by atoms with van der Waals surface area (Å²) in [5, 5.41) is 8.88. The van der Waals surface area contributed by atoms with E-state index >= 15 is 0 Å². The minimum Gasteiger partial charge on any atom is -0.481 e. The fourth-order valence-corrected chi connectivity index (χ4v) is 2.61. The molecule has 0 radical (unpaired) electrons. The molecule has 4 nitrogen and oxygen atoms in total. The van der Waals surface area contributed by atoms with E-state index < -0.39 is 5.97 Å². The Morgan fingerprint density at radius 1 is 1.44 bits per heavy atom. The molecule has 1 N–H and O–H groups in total. The van der Waals surface area contributed by atoms with Crippen LogP contribution >= 0.6 is 15.9 Å². The molecular formula is C11H9BrO4. The third-order valence-electron chi connectivity index (χ3n) is 2.99. The summed E-state index contributed by atoms with van der Waals surface area (Å²) in [4.78, 5) is 10.8. The summed E-state index contributed by atoms with van der Waals surface area (Å²) < 4.78 is 11.4. The van der Waals surface area contributed by atoms with Crippen LogP contribution in [0.2, 0.25) is 0 Å². The molecule has 1 fully saturated rings. The van der Waals surface area contributed by atoms with E-state index in [0.717, 1.165) is 10.0 Å². The second-order valence-electron chi connectivity index (χ2n) is 4.02. The van der Waals surface area contributed by atoms with E-state index in [-0.39, 0.29) is 18.6 Å². The first-order chi connectivity index (χ1) is 7.66. The molecule has 1 aromatic rings. The third kappa shape index (κ3) is 1.46. The molecule has 2 atom stereocenters. The Hall–Kier alpha value is -1.23. The Labute approximate surface area is 100 Å². The second-order valence-corrected chi connectivity index (χ2v) is 4.88. The van der Waals surface area contributed by atoms with Crippen LogP contribution in [0.1, 0.15) is 17.9 Å². The van der Waals surface area contributed by atoms with Crippen LogP contribution in [-0.4, -0.2) is 17.9 Å². The van der Waals surface area contributed by atoms with Crippen LogP contribution in [0.25, 0.3) is 0 Å². The molecule has 5 heteroatoms. The van der Waals surface area contributed by atoms with Gasteiger partial charge in [-0.3, -0.25) is 4.79 Å². The minimum atomic E-state index is -0.723. The van der Waals surface area contributed by atoms with E-state index in [1.807, 2.05) is 12.1 Å². The zero-order valence-electron chi connectivity index (χ0n) is 8.27. The normalized spacial score (nSPS) is 25.6. The molecular weight excluding hydrogens is 276 g/mol. The van der Waals surface area contributed by atoms with Gasteiger partial charge in [-0.25, -0.2) is 0 Å². The largest absolute Gasteiger partial charge is 0.481 e. The topological polar surface area (TPSA) is 55.8 Å². The Morgan fingerprint density at radius 3 is 2.94 bits per heavy atom. The molecule has 1 heterocycles. The van der Waals surface area contributed by atoms with Gasteiger partial charge in [0.05, 0.1) is 10.4 Å². The molecule has 1 aliphatic heterocycles. The molecule has 1 aliphatic carbocycles. The van der Waals surface area contributed by atoms with Gasteiger partial charge in [-0.2, -0.15) is 0 Å². The van der Waals surface area contributed by atoms with Crippen LogP contribution in [0.4, 0.5) is 0 Å². The molecule has 0 bridgehead atoms. The third-order valence-corrected chi connectivity index (χ3v) is 3.57. The van der Waals surface area contributed by atoms with Gasteiger partial charge in [0.2, 0.25) is 6.79 Å². The van der Waals surface area contributed by atoms with Crippen molar-refractivity contribution in [1.82, 2.24) is 0 Å². The summed E-state index contributed by atoms with van der Waals surface area (Å²) in [6.45, 7) is 0.227. The maximum Gasteiger partial charge on any atom is 0.307 e. The number of aliphatic carboxylic acids is 1. The molecule has 0 aromatic heterocycles. The smallest absolute Gasteiger partial charge is 0.307 e. The van der Waals surface area contributed by atoms with Crippen molar-refractivity contribution in [2.45, 2.75) is 12.3 Å². The summed E-state index contributed by atoms with van der Waals surface area (Å²) in [5.74, 6) is 0.547. The van der Waals surface area contributed by atoms with Gasteiger partial charge in [0.25, 0.3) is 0 Å². The summed E-state index contributed by atoms with van der Waals surface area (Å²) in [5.41, 5.74) is 1.00. The molecule has 84 valence electrons. The van der Waals surface area contributed by atoms with Crippen LogP contribution in [0, 0.1) is 5.92 Å². The molecule has 2 unspecified atom stereocenters. The number of hydrogen-bond donors (Lipinski definition) is 1. The molecule has 1 saturated carbocycles. The van der Waals surface area contributed by atoms with Gasteiger partial charge in [0.1, 0.15) is 0 Å². The van der Waals surface area contributed by atoms with Gasteiger partial charge in [-0.15, -0.1) is 0 Å². The van der Waals surface area contributed by atoms with E-state index in [1.54, 1.807) is 0 Å². The Balaban J connectivity index is 1.93. The number of carboxylic acids is 1. The molecule has 1 aromatic carbocycles. The number of halogens is 1. The zero-order valence-corrected chi connectivity index (χ0v) is 9.86. The van der Waals surface area contributed by atoms with Crippen molar-refractivity contribution in [2.75, 3.05) is 6.79 Å². The van der Waals surface area contributed by atoms with E-state index in [9.17, 15) is 4.79 Å². The van der Waals surface area contributed by atoms with Crippen LogP contribution in [0.5, 0.6) is 11.5 Å². The standard InChI is InChI=1S/C11H9BrO4/c12-8-1-5(6-3-7(6)11(13)14)2-9-10(8)16-4-15-9/h1-2,6-7H,3-4H2,(H,13,14). The number of rotatable bonds is 2. The van der Waals surface area contributed by atoms with Crippen LogP contribution in [0.3, 0.4) is 0 Å². The van der Waals surface area contributed by atoms with Crippen molar-refractivity contribution in [2.24, 2.45) is 5.92 Å². The number of fused-ring (bicyclic) bond motifs is 1. The van der Waals surface area contributed by atoms with E-state index in [1.165, 1.54) is 0 Å². The number of hydrogen-bond acceptors (Lipinski definition) is 3. The van der Waals surface area contributed by atoms with Crippen molar-refractivity contribution in [3.8, 4) is 11.5 Å². The minimum absolute atomic E-state index is 0.114. The maximum atomic E-state index is 10.8. The highest BCUT2D eigenvalue weighted by atomic mass is 79.9. The molecule has 0 saturated heterocycles. The van der Waals surface area contributed by atoms with Crippen LogP contribution in [-0.2, 0) is 4.79 Å². The number of ether oxygens (including phenoxy) is 2. The van der Waals surface area contributed by atoms with Gasteiger partial charge in [0.15, 0.2) is 11.5 Å². The fraction of sp³-hybridized carbons (Fsp3) is 0.364. The van der Waals surface area contributed by atoms with E-state index in [4.69, 9.17) is 14.6 Å². The van der Waals surface area contributed by atoms with Gasteiger partial charge < -0.3 is 14.6 Å². The summed E-state index contributed by atoms with van der Waals surface area (Å²) >= 11 is 3.40. The fourth-order valence-electron chi connectivity index (χ4n) is 2.04. The molecule has 3 rings (SSSR count). The van der Waals surface area contributed by atoms with Gasteiger partial charge >= 0.3 is 5.97 Å². The monoisotopic (exact) mass is 284 g/mol. The Bertz CT molecular complexity index is 471. The van der Waals surface area contributed by atoms with E-state index in [2.05, 4.69) is 15.9 Å². The average molecular weight is 285 g/mol. The average Bonchev–Trinajstić information content (AvgIpc) is 2.90. The first-order valence-electron chi connectivity index (χ1n) is 4.98. The Morgan fingerprint density at radius 2 is 2.25 bits per heavy atom. The molecule has 16 heavy (non-hydrogen) atoms. The van der Waals surface area contributed by atoms with Gasteiger partial charge in [0, 0.05) is 0 Å². The first-order valence-corrected chi connectivity index (χ1v) is 5.78. The summed E-state index contributed by atoms with van der Waals surface area (Å²) in [6, 6.07) is 3.79. The number of carbonyl (C=O) groups is 1.